The summed E-state index contributed by atoms with van der Waals surface area (Å²) in [6.07, 6.45) is 0. The Morgan fingerprint density at radius 1 is 1.62 bits per heavy atom. The number of hydrogen-bond donors (Lipinski definition) is 1. The van der Waals surface area contributed by atoms with Crippen LogP contribution in [-0.4, -0.2) is 34.9 Å². The van der Waals surface area contributed by atoms with E-state index in [1.165, 1.54) is 4.90 Å². The molecule has 0 aliphatic carbocycles. The maximum atomic E-state index is 12.9. The number of rotatable bonds is 3. The van der Waals surface area contributed by atoms with E-state index in [-0.39, 0.29) is 16.7 Å². The second kappa shape index (κ2) is 5.16. The Balaban J connectivity index is 2.91. The van der Waals surface area contributed by atoms with Crippen LogP contribution in [0.3, 0.4) is 0 Å². The SMILES string of the molecule is CC(Cl)CN(C)C(=O)c1cc(F)ccc1O. The molecule has 3 nitrogen and oxygen atoms in total. The van der Waals surface area contributed by atoms with Gasteiger partial charge in [0, 0.05) is 19.0 Å². The minimum Gasteiger partial charge on any atom is -0.507 e. The molecule has 0 saturated carbocycles. The molecule has 0 saturated heterocycles. The number of halogens is 2. The van der Waals surface area contributed by atoms with Gasteiger partial charge in [0.1, 0.15) is 11.6 Å². The molecule has 1 aromatic carbocycles. The quantitative estimate of drug-likeness (QED) is 0.830. The molecule has 1 amide bonds. The molecule has 16 heavy (non-hydrogen) atoms. The zero-order valence-electron chi connectivity index (χ0n) is 9.08. The van der Waals surface area contributed by atoms with Crippen molar-refractivity contribution in [1.82, 2.24) is 4.90 Å². The molecule has 0 aliphatic heterocycles. The fourth-order valence-electron chi connectivity index (χ4n) is 1.35. The number of carbonyl (C=O) groups is 1. The van der Waals surface area contributed by atoms with Crippen molar-refractivity contribution in [1.29, 1.82) is 0 Å². The van der Waals surface area contributed by atoms with Crippen molar-refractivity contribution in [2.45, 2.75) is 12.3 Å². The van der Waals surface area contributed by atoms with E-state index in [0.717, 1.165) is 18.2 Å². The smallest absolute Gasteiger partial charge is 0.257 e. The molecule has 0 heterocycles. The maximum Gasteiger partial charge on any atom is 0.257 e. The maximum absolute atomic E-state index is 12.9. The van der Waals surface area contributed by atoms with Crippen LogP contribution in [0.5, 0.6) is 5.75 Å². The standard InChI is InChI=1S/C11H13ClFNO2/c1-7(12)6-14(2)11(16)9-5-8(13)3-4-10(9)15/h3-5,7,15H,6H2,1-2H3. The predicted octanol–water partition coefficient (Wildman–Crippen LogP) is 2.23. The summed E-state index contributed by atoms with van der Waals surface area (Å²) in [4.78, 5) is 13.1. The Kier molecular flexibility index (Phi) is 4.12. The predicted molar refractivity (Wildman–Crippen MR) is 60.3 cm³/mol. The van der Waals surface area contributed by atoms with Crippen LogP contribution in [0.25, 0.3) is 0 Å². The largest absolute Gasteiger partial charge is 0.507 e. The van der Waals surface area contributed by atoms with Crippen LogP contribution in [0.15, 0.2) is 18.2 Å². The monoisotopic (exact) mass is 245 g/mol. The molecule has 1 aromatic rings. The number of carbonyl (C=O) groups excluding carboxylic acids is 1. The van der Waals surface area contributed by atoms with Crippen molar-refractivity contribution in [3.63, 3.8) is 0 Å². The molecular formula is C11H13ClFNO2. The van der Waals surface area contributed by atoms with Crippen molar-refractivity contribution in [2.24, 2.45) is 0 Å². The van der Waals surface area contributed by atoms with Crippen LogP contribution >= 0.6 is 11.6 Å². The van der Waals surface area contributed by atoms with Crippen LogP contribution in [-0.2, 0) is 0 Å². The van der Waals surface area contributed by atoms with Gasteiger partial charge in [-0.25, -0.2) is 4.39 Å². The molecule has 0 radical (unpaired) electrons. The average Bonchev–Trinajstić information content (AvgIpc) is 2.19. The van der Waals surface area contributed by atoms with E-state index in [9.17, 15) is 14.3 Å². The zero-order chi connectivity index (χ0) is 12.3. The van der Waals surface area contributed by atoms with Gasteiger partial charge in [0.25, 0.3) is 5.91 Å². The summed E-state index contributed by atoms with van der Waals surface area (Å²) in [5.41, 5.74) is -0.0557. The van der Waals surface area contributed by atoms with E-state index in [4.69, 9.17) is 11.6 Å². The number of benzene rings is 1. The van der Waals surface area contributed by atoms with E-state index in [1.54, 1.807) is 14.0 Å². The number of aromatic hydroxyl groups is 1. The van der Waals surface area contributed by atoms with Crippen LogP contribution < -0.4 is 0 Å². The molecule has 0 bridgehead atoms. The Hall–Kier alpha value is -1.29. The van der Waals surface area contributed by atoms with Gasteiger partial charge in [-0.1, -0.05) is 0 Å². The third kappa shape index (κ3) is 3.10. The highest BCUT2D eigenvalue weighted by Crippen LogP contribution is 2.19. The number of amides is 1. The number of phenols is 1. The summed E-state index contributed by atoms with van der Waals surface area (Å²) in [7, 11) is 1.55. The molecule has 1 unspecified atom stereocenters. The van der Waals surface area contributed by atoms with E-state index in [1.807, 2.05) is 0 Å². The summed E-state index contributed by atoms with van der Waals surface area (Å²) < 4.78 is 12.9. The topological polar surface area (TPSA) is 40.5 Å². The van der Waals surface area contributed by atoms with Gasteiger partial charge in [-0.05, 0) is 25.1 Å². The van der Waals surface area contributed by atoms with Crippen molar-refractivity contribution in [2.75, 3.05) is 13.6 Å². The van der Waals surface area contributed by atoms with Crippen molar-refractivity contribution < 1.29 is 14.3 Å². The van der Waals surface area contributed by atoms with Crippen LogP contribution in [0, 0.1) is 5.82 Å². The van der Waals surface area contributed by atoms with Gasteiger partial charge in [0.15, 0.2) is 0 Å². The minimum atomic E-state index is -0.562. The Labute approximate surface area is 98.4 Å². The number of alkyl halides is 1. The van der Waals surface area contributed by atoms with E-state index in [0.29, 0.717) is 6.54 Å². The minimum absolute atomic E-state index is 0.0557. The summed E-state index contributed by atoms with van der Waals surface area (Å²) in [5.74, 6) is -1.25. The summed E-state index contributed by atoms with van der Waals surface area (Å²) >= 11 is 5.74. The lowest BCUT2D eigenvalue weighted by Gasteiger charge is -2.18. The van der Waals surface area contributed by atoms with Gasteiger partial charge >= 0.3 is 0 Å². The first kappa shape index (κ1) is 12.8. The lowest BCUT2D eigenvalue weighted by molar-refractivity contribution is 0.0792. The fourth-order valence-corrected chi connectivity index (χ4v) is 1.55. The molecule has 1 N–H and O–H groups in total. The van der Waals surface area contributed by atoms with Gasteiger partial charge in [0.2, 0.25) is 0 Å². The summed E-state index contributed by atoms with van der Waals surface area (Å²) in [5, 5.41) is 9.24. The summed E-state index contributed by atoms with van der Waals surface area (Å²) in [6, 6.07) is 3.25. The first-order valence-corrected chi connectivity index (χ1v) is 5.23. The van der Waals surface area contributed by atoms with Crippen LogP contribution in [0.1, 0.15) is 17.3 Å². The highest BCUT2D eigenvalue weighted by atomic mass is 35.5. The van der Waals surface area contributed by atoms with Gasteiger partial charge < -0.3 is 10.0 Å². The second-order valence-electron chi connectivity index (χ2n) is 3.63. The van der Waals surface area contributed by atoms with Crippen molar-refractivity contribution >= 4 is 17.5 Å². The molecule has 0 aromatic heterocycles. The molecule has 1 atom stereocenters. The van der Waals surface area contributed by atoms with E-state index in [2.05, 4.69) is 0 Å². The third-order valence-electron chi connectivity index (χ3n) is 2.06. The van der Waals surface area contributed by atoms with E-state index >= 15 is 0 Å². The third-order valence-corrected chi connectivity index (χ3v) is 2.20. The zero-order valence-corrected chi connectivity index (χ0v) is 9.83. The summed E-state index contributed by atoms with van der Waals surface area (Å²) in [6.45, 7) is 2.08. The number of nitrogens with zero attached hydrogens (tertiary/aromatic N) is 1. The first-order chi connectivity index (χ1) is 7.41. The number of hydrogen-bond acceptors (Lipinski definition) is 2. The number of phenolic OH excluding ortho intramolecular Hbond substituents is 1. The van der Waals surface area contributed by atoms with E-state index < -0.39 is 11.7 Å². The molecule has 0 spiro atoms. The lowest BCUT2D eigenvalue weighted by atomic mass is 10.1. The fraction of sp³-hybridized carbons (Fsp3) is 0.364. The highest BCUT2D eigenvalue weighted by Gasteiger charge is 2.17. The van der Waals surface area contributed by atoms with Gasteiger partial charge in [-0.15, -0.1) is 11.6 Å². The van der Waals surface area contributed by atoms with Gasteiger partial charge in [-0.3, -0.25) is 4.79 Å². The van der Waals surface area contributed by atoms with Crippen LogP contribution in [0.4, 0.5) is 4.39 Å². The van der Waals surface area contributed by atoms with Crippen LogP contribution in [0.2, 0.25) is 0 Å². The molecule has 0 aliphatic rings. The van der Waals surface area contributed by atoms with Crippen molar-refractivity contribution in [3.8, 4) is 5.75 Å². The molecular weight excluding hydrogens is 233 g/mol. The Morgan fingerprint density at radius 2 is 2.25 bits per heavy atom. The first-order valence-electron chi connectivity index (χ1n) is 4.80. The normalized spacial score (nSPS) is 12.2. The Bertz CT molecular complexity index is 396. The Morgan fingerprint density at radius 3 is 2.81 bits per heavy atom. The molecule has 1 rings (SSSR count). The van der Waals surface area contributed by atoms with Crippen molar-refractivity contribution in [3.05, 3.63) is 29.6 Å². The average molecular weight is 246 g/mol. The van der Waals surface area contributed by atoms with Gasteiger partial charge in [-0.2, -0.15) is 0 Å². The van der Waals surface area contributed by atoms with Gasteiger partial charge in [0.05, 0.1) is 5.56 Å². The molecule has 88 valence electrons. The molecule has 5 heteroatoms. The second-order valence-corrected chi connectivity index (χ2v) is 4.37. The highest BCUT2D eigenvalue weighted by molar-refractivity contribution is 6.20. The lowest BCUT2D eigenvalue weighted by Crippen LogP contribution is -2.31. The molecule has 0 fully saturated rings.